The Balaban J connectivity index is 1.83. The predicted molar refractivity (Wildman–Crippen MR) is 78.6 cm³/mol. The quantitative estimate of drug-likeness (QED) is 0.831. The Labute approximate surface area is 113 Å². The smallest absolute Gasteiger partial charge is 0.0105 e. The summed E-state index contributed by atoms with van der Waals surface area (Å²) in [4.78, 5) is 2.62. The summed E-state index contributed by atoms with van der Waals surface area (Å²) in [6, 6.07) is 1.24. The van der Waals surface area contributed by atoms with E-state index in [1.165, 1.54) is 57.9 Å². The molecule has 2 saturated carbocycles. The highest BCUT2D eigenvalue weighted by atomic mass is 15.1. The van der Waals surface area contributed by atoms with Crippen LogP contribution in [0.15, 0.2) is 0 Å². The van der Waals surface area contributed by atoms with Crippen LogP contribution in [0.4, 0.5) is 0 Å². The van der Waals surface area contributed by atoms with Gasteiger partial charge in [-0.05, 0) is 56.9 Å². The molecule has 0 spiro atoms. The summed E-state index contributed by atoms with van der Waals surface area (Å²) in [6.45, 7) is 5.95. The molecule has 2 aliphatic carbocycles. The summed E-state index contributed by atoms with van der Waals surface area (Å²) < 4.78 is 0. The van der Waals surface area contributed by atoms with Crippen molar-refractivity contribution in [2.75, 3.05) is 13.6 Å². The Kier molecular flexibility index (Phi) is 4.71. The van der Waals surface area contributed by atoms with E-state index in [-0.39, 0.29) is 0 Å². The second-order valence-corrected chi connectivity index (χ2v) is 7.15. The Hall–Kier alpha value is -0.0800. The zero-order valence-electron chi connectivity index (χ0n) is 12.6. The fourth-order valence-corrected chi connectivity index (χ4v) is 4.15. The normalized spacial score (nSPS) is 41.5. The summed E-state index contributed by atoms with van der Waals surface area (Å²) in [5.74, 6) is 0.999. The van der Waals surface area contributed by atoms with Crippen molar-refractivity contribution in [3.8, 4) is 0 Å². The van der Waals surface area contributed by atoms with Crippen LogP contribution in [0.3, 0.4) is 0 Å². The molecule has 2 unspecified atom stereocenters. The highest BCUT2D eigenvalue weighted by molar-refractivity contribution is 4.94. The van der Waals surface area contributed by atoms with Crippen LogP contribution in [-0.4, -0.2) is 30.6 Å². The molecule has 0 aromatic carbocycles. The molecule has 0 aromatic heterocycles. The average Bonchev–Trinajstić information content (AvgIpc) is 2.69. The van der Waals surface area contributed by atoms with Crippen LogP contribution in [0.25, 0.3) is 0 Å². The van der Waals surface area contributed by atoms with Crippen molar-refractivity contribution in [2.45, 2.75) is 77.3 Å². The second kappa shape index (κ2) is 5.92. The lowest BCUT2D eigenvalue weighted by Gasteiger charge is -2.40. The zero-order valence-corrected chi connectivity index (χ0v) is 12.6. The molecule has 18 heavy (non-hydrogen) atoms. The molecule has 2 rings (SSSR count). The number of nitrogens with two attached hydrogens (primary N) is 1. The van der Waals surface area contributed by atoms with E-state index in [9.17, 15) is 0 Å². The van der Waals surface area contributed by atoms with Crippen LogP contribution in [0.2, 0.25) is 0 Å². The topological polar surface area (TPSA) is 29.3 Å². The van der Waals surface area contributed by atoms with E-state index in [2.05, 4.69) is 25.8 Å². The van der Waals surface area contributed by atoms with Gasteiger partial charge in [0.05, 0.1) is 0 Å². The van der Waals surface area contributed by atoms with E-state index in [1.54, 1.807) is 0 Å². The van der Waals surface area contributed by atoms with Gasteiger partial charge in [0, 0.05) is 18.6 Å². The Bertz CT molecular complexity index is 258. The van der Waals surface area contributed by atoms with Crippen molar-refractivity contribution in [1.82, 2.24) is 4.90 Å². The molecular formula is C16H32N2. The monoisotopic (exact) mass is 252 g/mol. The third-order valence-electron chi connectivity index (χ3n) is 5.79. The minimum Gasteiger partial charge on any atom is -0.327 e. The van der Waals surface area contributed by atoms with E-state index in [1.807, 2.05) is 0 Å². The summed E-state index contributed by atoms with van der Waals surface area (Å²) in [5, 5.41) is 0. The van der Waals surface area contributed by atoms with Gasteiger partial charge in [-0.25, -0.2) is 0 Å². The molecule has 0 aromatic rings. The van der Waals surface area contributed by atoms with Crippen molar-refractivity contribution in [2.24, 2.45) is 17.1 Å². The van der Waals surface area contributed by atoms with Crippen LogP contribution >= 0.6 is 0 Å². The molecule has 2 fully saturated rings. The van der Waals surface area contributed by atoms with Gasteiger partial charge < -0.3 is 10.6 Å². The van der Waals surface area contributed by atoms with Gasteiger partial charge in [0.1, 0.15) is 0 Å². The molecule has 2 N–H and O–H groups in total. The first-order chi connectivity index (χ1) is 8.55. The van der Waals surface area contributed by atoms with Crippen LogP contribution < -0.4 is 5.73 Å². The average molecular weight is 252 g/mol. The molecule has 0 radical (unpaired) electrons. The number of hydrogen-bond donors (Lipinski definition) is 1. The first-order valence-corrected chi connectivity index (χ1v) is 8.01. The van der Waals surface area contributed by atoms with Gasteiger partial charge in [-0.15, -0.1) is 0 Å². The number of nitrogens with zero attached hydrogens (tertiary/aromatic N) is 1. The summed E-state index contributed by atoms with van der Waals surface area (Å²) >= 11 is 0. The molecule has 0 saturated heterocycles. The standard InChI is InChI=1S/C16H32N2/c1-4-13-7-9-14(10-8-13)18(3)12-16(2)11-5-6-15(16)17/h13-15H,4-12,17H2,1-3H3. The fourth-order valence-electron chi connectivity index (χ4n) is 4.15. The van der Waals surface area contributed by atoms with Gasteiger partial charge in [-0.2, -0.15) is 0 Å². The van der Waals surface area contributed by atoms with Gasteiger partial charge in [0.15, 0.2) is 0 Å². The van der Waals surface area contributed by atoms with Gasteiger partial charge >= 0.3 is 0 Å². The minimum absolute atomic E-state index is 0.371. The maximum Gasteiger partial charge on any atom is 0.0105 e. The fraction of sp³-hybridized carbons (Fsp3) is 1.00. The molecular weight excluding hydrogens is 220 g/mol. The van der Waals surface area contributed by atoms with Crippen molar-refractivity contribution in [3.63, 3.8) is 0 Å². The number of hydrogen-bond acceptors (Lipinski definition) is 2. The van der Waals surface area contributed by atoms with Crippen molar-refractivity contribution < 1.29 is 0 Å². The number of rotatable bonds is 4. The summed E-state index contributed by atoms with van der Waals surface area (Å²) in [6.07, 6.45) is 10.9. The van der Waals surface area contributed by atoms with E-state index in [0.29, 0.717) is 11.5 Å². The SMILES string of the molecule is CCC1CCC(N(C)CC2(C)CCCC2N)CC1. The minimum atomic E-state index is 0.371. The highest BCUT2D eigenvalue weighted by Gasteiger charge is 2.38. The zero-order chi connectivity index (χ0) is 13.2. The molecule has 2 aliphatic rings. The van der Waals surface area contributed by atoms with E-state index in [0.717, 1.165) is 12.0 Å². The van der Waals surface area contributed by atoms with Crippen LogP contribution in [0.5, 0.6) is 0 Å². The second-order valence-electron chi connectivity index (χ2n) is 7.15. The predicted octanol–water partition coefficient (Wildman–Crippen LogP) is 3.40. The van der Waals surface area contributed by atoms with Crippen molar-refractivity contribution >= 4 is 0 Å². The van der Waals surface area contributed by atoms with E-state index < -0.39 is 0 Å². The lowest BCUT2D eigenvalue weighted by Crippen LogP contribution is -2.47. The van der Waals surface area contributed by atoms with E-state index >= 15 is 0 Å². The molecule has 0 amide bonds. The van der Waals surface area contributed by atoms with Crippen LogP contribution in [0.1, 0.15) is 65.2 Å². The van der Waals surface area contributed by atoms with Gasteiger partial charge in [-0.3, -0.25) is 0 Å². The molecule has 2 nitrogen and oxygen atoms in total. The van der Waals surface area contributed by atoms with Crippen molar-refractivity contribution in [1.29, 1.82) is 0 Å². The van der Waals surface area contributed by atoms with E-state index in [4.69, 9.17) is 5.73 Å². The van der Waals surface area contributed by atoms with Gasteiger partial charge in [-0.1, -0.05) is 26.7 Å². The van der Waals surface area contributed by atoms with Crippen LogP contribution in [-0.2, 0) is 0 Å². The molecule has 106 valence electrons. The molecule has 0 bridgehead atoms. The third kappa shape index (κ3) is 3.08. The highest BCUT2D eigenvalue weighted by Crippen LogP contribution is 2.38. The van der Waals surface area contributed by atoms with Crippen LogP contribution in [0, 0.1) is 11.3 Å². The summed E-state index contributed by atoms with van der Waals surface area (Å²) in [7, 11) is 2.33. The Morgan fingerprint density at radius 2 is 1.83 bits per heavy atom. The van der Waals surface area contributed by atoms with Gasteiger partial charge in [0.25, 0.3) is 0 Å². The Morgan fingerprint density at radius 1 is 1.17 bits per heavy atom. The van der Waals surface area contributed by atoms with Gasteiger partial charge in [0.2, 0.25) is 0 Å². The van der Waals surface area contributed by atoms with Crippen molar-refractivity contribution in [3.05, 3.63) is 0 Å². The Morgan fingerprint density at radius 3 is 2.33 bits per heavy atom. The third-order valence-corrected chi connectivity index (χ3v) is 5.79. The largest absolute Gasteiger partial charge is 0.327 e. The summed E-state index contributed by atoms with van der Waals surface area (Å²) in [5.41, 5.74) is 6.68. The molecule has 0 heterocycles. The lowest BCUT2D eigenvalue weighted by molar-refractivity contribution is 0.104. The lowest BCUT2D eigenvalue weighted by atomic mass is 9.81. The maximum absolute atomic E-state index is 6.31. The first-order valence-electron chi connectivity index (χ1n) is 8.01. The first kappa shape index (κ1) is 14.3. The molecule has 2 atom stereocenters. The molecule has 0 aliphatic heterocycles. The molecule has 2 heteroatoms. The maximum atomic E-state index is 6.31.